The van der Waals surface area contributed by atoms with Gasteiger partial charge >= 0.3 is 5.69 Å². The monoisotopic (exact) mass is 414 g/mol. The SMILES string of the molecule is O=[N+]([O-])c1cc(S(=O)(=O)N2CCOCC2)ccc1Oc1ccc2ccccc2c1. The lowest BCUT2D eigenvalue weighted by molar-refractivity contribution is -0.385. The molecule has 0 amide bonds. The molecule has 3 aromatic carbocycles. The third-order valence-corrected chi connectivity index (χ3v) is 6.58. The first-order valence-electron chi connectivity index (χ1n) is 8.98. The van der Waals surface area contributed by atoms with Crippen molar-refractivity contribution < 1.29 is 22.8 Å². The third kappa shape index (κ3) is 3.93. The van der Waals surface area contributed by atoms with E-state index in [1.807, 2.05) is 30.3 Å². The molecule has 0 unspecified atom stereocenters. The molecule has 4 rings (SSSR count). The summed E-state index contributed by atoms with van der Waals surface area (Å²) in [6.07, 6.45) is 0. The summed E-state index contributed by atoms with van der Waals surface area (Å²) in [6, 6.07) is 16.7. The summed E-state index contributed by atoms with van der Waals surface area (Å²) in [7, 11) is -3.84. The first-order chi connectivity index (χ1) is 13.9. The zero-order chi connectivity index (χ0) is 20.4. The van der Waals surface area contributed by atoms with E-state index in [1.54, 1.807) is 12.1 Å². The van der Waals surface area contributed by atoms with Crippen molar-refractivity contribution in [2.24, 2.45) is 0 Å². The first-order valence-corrected chi connectivity index (χ1v) is 10.4. The van der Waals surface area contributed by atoms with E-state index < -0.39 is 20.6 Å². The minimum absolute atomic E-state index is 0.0220. The second-order valence-electron chi connectivity index (χ2n) is 6.51. The second-order valence-corrected chi connectivity index (χ2v) is 8.45. The van der Waals surface area contributed by atoms with Crippen LogP contribution in [0.2, 0.25) is 0 Å². The van der Waals surface area contributed by atoms with Gasteiger partial charge in [-0.05, 0) is 35.0 Å². The molecule has 150 valence electrons. The van der Waals surface area contributed by atoms with E-state index in [4.69, 9.17) is 9.47 Å². The van der Waals surface area contributed by atoms with E-state index in [1.165, 1.54) is 16.4 Å². The Morgan fingerprint density at radius 2 is 1.69 bits per heavy atom. The number of sulfonamides is 1. The highest BCUT2D eigenvalue weighted by Gasteiger charge is 2.29. The van der Waals surface area contributed by atoms with Gasteiger partial charge in [-0.1, -0.05) is 30.3 Å². The van der Waals surface area contributed by atoms with Gasteiger partial charge in [0.1, 0.15) is 5.75 Å². The van der Waals surface area contributed by atoms with Gasteiger partial charge in [0.05, 0.1) is 23.0 Å². The van der Waals surface area contributed by atoms with Gasteiger partial charge in [-0.15, -0.1) is 0 Å². The van der Waals surface area contributed by atoms with Gasteiger partial charge < -0.3 is 9.47 Å². The molecule has 1 aliphatic heterocycles. The molecule has 0 spiro atoms. The normalized spacial score (nSPS) is 15.3. The second kappa shape index (κ2) is 7.78. The minimum Gasteiger partial charge on any atom is -0.450 e. The summed E-state index contributed by atoms with van der Waals surface area (Å²) in [5.74, 6) is 0.404. The molecule has 0 aromatic heterocycles. The molecule has 8 nitrogen and oxygen atoms in total. The van der Waals surface area contributed by atoms with Gasteiger partial charge in [0.2, 0.25) is 15.8 Å². The van der Waals surface area contributed by atoms with Gasteiger partial charge in [-0.3, -0.25) is 10.1 Å². The number of morpholine rings is 1. The number of hydrogen-bond donors (Lipinski definition) is 0. The quantitative estimate of drug-likeness (QED) is 0.468. The number of ether oxygens (including phenoxy) is 2. The first kappa shape index (κ1) is 19.3. The van der Waals surface area contributed by atoms with Crippen molar-refractivity contribution >= 4 is 26.5 Å². The maximum absolute atomic E-state index is 12.8. The Morgan fingerprint density at radius 1 is 0.966 bits per heavy atom. The van der Waals surface area contributed by atoms with Crippen LogP contribution in [0.15, 0.2) is 65.6 Å². The summed E-state index contributed by atoms with van der Waals surface area (Å²) in [6.45, 7) is 1.02. The Labute approximate surface area is 167 Å². The van der Waals surface area contributed by atoms with Gasteiger partial charge in [-0.25, -0.2) is 8.42 Å². The summed E-state index contributed by atoms with van der Waals surface area (Å²) < 4.78 is 37.7. The van der Waals surface area contributed by atoms with Crippen molar-refractivity contribution in [1.82, 2.24) is 4.31 Å². The number of hydrogen-bond acceptors (Lipinski definition) is 6. The van der Waals surface area contributed by atoms with Crippen LogP contribution in [0.1, 0.15) is 0 Å². The molecular formula is C20H18N2O6S. The molecule has 9 heteroatoms. The average Bonchev–Trinajstić information content (AvgIpc) is 2.74. The minimum atomic E-state index is -3.84. The number of fused-ring (bicyclic) bond motifs is 1. The summed E-state index contributed by atoms with van der Waals surface area (Å²) >= 11 is 0. The van der Waals surface area contributed by atoms with Crippen molar-refractivity contribution in [2.75, 3.05) is 26.3 Å². The number of rotatable bonds is 5. The molecule has 1 heterocycles. The fraction of sp³-hybridized carbons (Fsp3) is 0.200. The molecule has 29 heavy (non-hydrogen) atoms. The van der Waals surface area contributed by atoms with Crippen molar-refractivity contribution in [3.8, 4) is 11.5 Å². The molecule has 0 saturated carbocycles. The van der Waals surface area contributed by atoms with Gasteiger partial charge in [0, 0.05) is 19.2 Å². The van der Waals surface area contributed by atoms with E-state index >= 15 is 0 Å². The number of nitro groups is 1. The van der Waals surface area contributed by atoms with E-state index in [0.717, 1.165) is 16.8 Å². The van der Waals surface area contributed by atoms with Gasteiger partial charge in [0.25, 0.3) is 0 Å². The lowest BCUT2D eigenvalue weighted by Crippen LogP contribution is -2.40. The Balaban J connectivity index is 1.67. The lowest BCUT2D eigenvalue weighted by atomic mass is 10.1. The molecule has 0 N–H and O–H groups in total. The maximum Gasteiger partial charge on any atom is 0.312 e. The lowest BCUT2D eigenvalue weighted by Gasteiger charge is -2.26. The molecule has 3 aromatic rings. The topological polar surface area (TPSA) is 99.0 Å². The van der Waals surface area contributed by atoms with E-state index in [-0.39, 0.29) is 23.7 Å². The Kier molecular flexibility index (Phi) is 5.18. The zero-order valence-electron chi connectivity index (χ0n) is 15.4. The third-order valence-electron chi connectivity index (χ3n) is 4.68. The van der Waals surface area contributed by atoms with Crippen LogP contribution >= 0.6 is 0 Å². The Bertz CT molecular complexity index is 1170. The van der Waals surface area contributed by atoms with Crippen LogP contribution in [0.25, 0.3) is 10.8 Å². The predicted molar refractivity (Wildman–Crippen MR) is 107 cm³/mol. The maximum atomic E-state index is 12.8. The standard InChI is InChI=1S/C20H18N2O6S/c23-22(24)19-14-18(29(25,26)21-9-11-27-12-10-21)7-8-20(19)28-17-6-5-15-3-1-2-4-16(15)13-17/h1-8,13-14H,9-12H2. The summed E-state index contributed by atoms with van der Waals surface area (Å²) in [4.78, 5) is 10.8. The fourth-order valence-electron chi connectivity index (χ4n) is 3.18. The van der Waals surface area contributed by atoms with Crippen LogP contribution in [-0.4, -0.2) is 43.9 Å². The average molecular weight is 414 g/mol. The van der Waals surface area contributed by atoms with Crippen molar-refractivity contribution in [2.45, 2.75) is 4.90 Å². The molecule has 0 aliphatic carbocycles. The smallest absolute Gasteiger partial charge is 0.312 e. The van der Waals surface area contributed by atoms with Crippen LogP contribution in [0, 0.1) is 10.1 Å². The molecule has 0 radical (unpaired) electrons. The van der Waals surface area contributed by atoms with E-state index in [9.17, 15) is 18.5 Å². The highest BCUT2D eigenvalue weighted by Crippen LogP contribution is 2.35. The molecular weight excluding hydrogens is 396 g/mol. The largest absolute Gasteiger partial charge is 0.450 e. The van der Waals surface area contributed by atoms with Crippen LogP contribution in [-0.2, 0) is 14.8 Å². The summed E-state index contributed by atoms with van der Waals surface area (Å²) in [5.41, 5.74) is -0.410. The van der Waals surface area contributed by atoms with Crippen LogP contribution in [0.5, 0.6) is 11.5 Å². The predicted octanol–water partition coefficient (Wildman–Crippen LogP) is 3.56. The fourth-order valence-corrected chi connectivity index (χ4v) is 4.61. The summed E-state index contributed by atoms with van der Waals surface area (Å²) in [5, 5.41) is 13.5. The van der Waals surface area contributed by atoms with Gasteiger partial charge in [-0.2, -0.15) is 4.31 Å². The number of benzene rings is 3. The zero-order valence-corrected chi connectivity index (χ0v) is 16.2. The molecule has 0 bridgehead atoms. The highest BCUT2D eigenvalue weighted by atomic mass is 32.2. The van der Waals surface area contributed by atoms with Crippen molar-refractivity contribution in [1.29, 1.82) is 0 Å². The van der Waals surface area contributed by atoms with Crippen molar-refractivity contribution in [3.05, 3.63) is 70.8 Å². The molecule has 1 aliphatic rings. The van der Waals surface area contributed by atoms with Crippen LogP contribution < -0.4 is 4.74 Å². The van der Waals surface area contributed by atoms with Crippen LogP contribution in [0.3, 0.4) is 0 Å². The Morgan fingerprint density at radius 3 is 2.41 bits per heavy atom. The van der Waals surface area contributed by atoms with E-state index in [0.29, 0.717) is 19.0 Å². The molecule has 1 fully saturated rings. The van der Waals surface area contributed by atoms with E-state index in [2.05, 4.69) is 0 Å². The van der Waals surface area contributed by atoms with Crippen molar-refractivity contribution in [3.63, 3.8) is 0 Å². The Hall–Kier alpha value is -3.01. The number of nitro benzene ring substituents is 1. The molecule has 1 saturated heterocycles. The van der Waals surface area contributed by atoms with Gasteiger partial charge in [0.15, 0.2) is 0 Å². The molecule has 0 atom stereocenters. The number of nitrogens with zero attached hydrogens (tertiary/aromatic N) is 2. The highest BCUT2D eigenvalue weighted by molar-refractivity contribution is 7.89. The van der Waals surface area contributed by atoms with Crippen LogP contribution in [0.4, 0.5) is 5.69 Å².